The van der Waals surface area contributed by atoms with Crippen molar-refractivity contribution in [2.24, 2.45) is 11.3 Å². The molecule has 4 rings (SSSR count). The average Bonchev–Trinajstić information content (AvgIpc) is 2.93. The minimum absolute atomic E-state index is 0.252. The molecule has 0 bridgehead atoms. The average molecular weight is 356 g/mol. The van der Waals surface area contributed by atoms with E-state index in [9.17, 15) is 19.2 Å². The second-order valence-corrected chi connectivity index (χ2v) is 7.74. The highest BCUT2D eigenvalue weighted by Gasteiger charge is 2.68. The van der Waals surface area contributed by atoms with Crippen molar-refractivity contribution >= 4 is 23.6 Å². The summed E-state index contributed by atoms with van der Waals surface area (Å²) in [6.45, 7) is 0. The van der Waals surface area contributed by atoms with Crippen LogP contribution in [0, 0.1) is 11.3 Å². The molecule has 4 amide bonds. The van der Waals surface area contributed by atoms with Crippen molar-refractivity contribution in [1.29, 1.82) is 0 Å². The van der Waals surface area contributed by atoms with Gasteiger partial charge in [0.2, 0.25) is 17.7 Å². The number of carbonyl (C=O) groups is 4. The second kappa shape index (κ2) is 6.49. The van der Waals surface area contributed by atoms with Gasteiger partial charge in [-0.1, -0.05) is 25.3 Å². The Balaban J connectivity index is 1.93. The third-order valence-electron chi connectivity index (χ3n) is 6.29. The van der Waals surface area contributed by atoms with Crippen molar-refractivity contribution in [3.05, 3.63) is 22.8 Å². The lowest BCUT2D eigenvalue weighted by atomic mass is 9.66. The monoisotopic (exact) mass is 356 g/mol. The van der Waals surface area contributed by atoms with Gasteiger partial charge in [-0.15, -0.1) is 0 Å². The number of nitrogens with one attached hydrogen (secondary N) is 2. The van der Waals surface area contributed by atoms with Gasteiger partial charge in [-0.25, -0.2) is 0 Å². The lowest BCUT2D eigenvalue weighted by molar-refractivity contribution is -0.138. The Hall–Kier alpha value is -2.24. The largest absolute Gasteiger partial charge is 0.295 e. The Bertz CT molecular complexity index is 754. The van der Waals surface area contributed by atoms with E-state index in [1.54, 1.807) is 0 Å². The van der Waals surface area contributed by atoms with Crippen LogP contribution in [0.2, 0.25) is 0 Å². The number of allylic oxidation sites excluding steroid dienone is 3. The van der Waals surface area contributed by atoms with Crippen molar-refractivity contribution in [3.63, 3.8) is 0 Å². The third-order valence-corrected chi connectivity index (χ3v) is 6.29. The highest BCUT2D eigenvalue weighted by atomic mass is 16.2. The fourth-order valence-electron chi connectivity index (χ4n) is 5.04. The van der Waals surface area contributed by atoms with E-state index in [0.717, 1.165) is 56.1 Å². The predicted molar refractivity (Wildman–Crippen MR) is 93.5 cm³/mol. The summed E-state index contributed by atoms with van der Waals surface area (Å²) < 4.78 is 0. The van der Waals surface area contributed by atoms with Gasteiger partial charge in [-0.05, 0) is 56.1 Å². The lowest BCUT2D eigenvalue weighted by Gasteiger charge is -2.30. The van der Waals surface area contributed by atoms with E-state index in [0.29, 0.717) is 12.8 Å². The summed E-state index contributed by atoms with van der Waals surface area (Å²) in [5, 5.41) is 4.68. The fourth-order valence-corrected chi connectivity index (χ4v) is 5.04. The van der Waals surface area contributed by atoms with Crippen molar-refractivity contribution in [2.45, 2.75) is 64.2 Å². The van der Waals surface area contributed by atoms with Crippen LogP contribution in [0.25, 0.3) is 0 Å². The summed E-state index contributed by atoms with van der Waals surface area (Å²) in [6.07, 6.45) is 11.2. The maximum atomic E-state index is 12.8. The van der Waals surface area contributed by atoms with Crippen molar-refractivity contribution in [1.82, 2.24) is 10.6 Å². The van der Waals surface area contributed by atoms with Crippen LogP contribution in [0.3, 0.4) is 0 Å². The maximum Gasteiger partial charge on any atom is 0.255 e. The van der Waals surface area contributed by atoms with Crippen molar-refractivity contribution < 1.29 is 19.2 Å². The Morgan fingerprint density at radius 2 is 1.58 bits per heavy atom. The molecule has 2 unspecified atom stereocenters. The van der Waals surface area contributed by atoms with Crippen molar-refractivity contribution in [2.75, 3.05) is 0 Å². The number of imide groups is 2. The molecule has 0 aromatic carbocycles. The Labute approximate surface area is 152 Å². The van der Waals surface area contributed by atoms with Gasteiger partial charge in [-0.3, -0.25) is 29.8 Å². The van der Waals surface area contributed by atoms with Gasteiger partial charge in [0.1, 0.15) is 0 Å². The SMILES string of the molecule is O=C1NC(=O)C23C(=O)NC(=O)C2CCCCC(/C2=C/CCCCCC2)=C/13. The first-order valence-electron chi connectivity index (χ1n) is 9.71. The molecule has 2 saturated heterocycles. The van der Waals surface area contributed by atoms with Gasteiger partial charge in [0.15, 0.2) is 5.41 Å². The predicted octanol–water partition coefficient (Wildman–Crippen LogP) is 2.05. The first kappa shape index (κ1) is 17.2. The minimum Gasteiger partial charge on any atom is -0.295 e. The van der Waals surface area contributed by atoms with E-state index in [-0.39, 0.29) is 5.57 Å². The summed E-state index contributed by atoms with van der Waals surface area (Å²) >= 11 is 0. The van der Waals surface area contributed by atoms with Crippen LogP contribution in [0.1, 0.15) is 64.2 Å². The molecular formula is C20H24N2O4. The molecule has 2 aliphatic heterocycles. The molecule has 0 aromatic rings. The first-order valence-corrected chi connectivity index (χ1v) is 9.71. The van der Waals surface area contributed by atoms with Crippen LogP contribution in [0.5, 0.6) is 0 Å². The van der Waals surface area contributed by atoms with Crippen molar-refractivity contribution in [3.8, 4) is 0 Å². The molecule has 2 aliphatic carbocycles. The highest BCUT2D eigenvalue weighted by molar-refractivity contribution is 6.32. The van der Waals surface area contributed by atoms with Gasteiger partial charge in [-0.2, -0.15) is 0 Å². The number of hydrogen-bond acceptors (Lipinski definition) is 4. The molecule has 0 aromatic heterocycles. The molecule has 2 heterocycles. The molecule has 4 aliphatic rings. The zero-order valence-electron chi connectivity index (χ0n) is 14.9. The van der Waals surface area contributed by atoms with Gasteiger partial charge in [0.25, 0.3) is 5.91 Å². The fraction of sp³-hybridized carbons (Fsp3) is 0.600. The topological polar surface area (TPSA) is 92.3 Å². The van der Waals surface area contributed by atoms with E-state index in [4.69, 9.17) is 0 Å². The molecule has 1 spiro atoms. The molecule has 2 atom stereocenters. The number of amides is 4. The number of rotatable bonds is 1. The minimum atomic E-state index is -1.66. The molecule has 0 radical (unpaired) electrons. The molecule has 0 saturated carbocycles. The quantitative estimate of drug-likeness (QED) is 0.556. The van der Waals surface area contributed by atoms with E-state index in [1.807, 2.05) is 0 Å². The van der Waals surface area contributed by atoms with E-state index >= 15 is 0 Å². The summed E-state index contributed by atoms with van der Waals surface area (Å²) in [4.78, 5) is 50.8. The van der Waals surface area contributed by atoms with Crippen LogP contribution in [0.15, 0.2) is 22.8 Å². The van der Waals surface area contributed by atoms with E-state index in [2.05, 4.69) is 16.7 Å². The highest BCUT2D eigenvalue weighted by Crippen LogP contribution is 2.51. The van der Waals surface area contributed by atoms with Gasteiger partial charge >= 0.3 is 0 Å². The van der Waals surface area contributed by atoms with Crippen LogP contribution in [-0.4, -0.2) is 23.6 Å². The zero-order chi connectivity index (χ0) is 18.3. The Kier molecular flexibility index (Phi) is 4.29. The molecule has 6 heteroatoms. The Morgan fingerprint density at radius 3 is 2.42 bits per heavy atom. The van der Waals surface area contributed by atoms with E-state index < -0.39 is 35.0 Å². The molecule has 6 nitrogen and oxygen atoms in total. The van der Waals surface area contributed by atoms with Crippen LogP contribution >= 0.6 is 0 Å². The smallest absolute Gasteiger partial charge is 0.255 e. The van der Waals surface area contributed by atoms with Gasteiger partial charge in [0, 0.05) is 5.57 Å². The lowest BCUT2D eigenvalue weighted by Crippen LogP contribution is -2.44. The summed E-state index contributed by atoms with van der Waals surface area (Å²) in [5.41, 5.74) is 0.525. The van der Waals surface area contributed by atoms with E-state index in [1.165, 1.54) is 6.42 Å². The molecule has 26 heavy (non-hydrogen) atoms. The molecule has 138 valence electrons. The summed E-state index contributed by atoms with van der Waals surface area (Å²) in [6, 6.07) is 0. The summed E-state index contributed by atoms with van der Waals surface area (Å²) in [5.74, 6) is -2.95. The normalized spacial score (nSPS) is 37.4. The number of carbonyl (C=O) groups excluding carboxylic acids is 4. The zero-order valence-corrected chi connectivity index (χ0v) is 14.9. The standard InChI is InChI=1S/C20H24N2O4/c23-16-14-11-7-6-10-13(12-8-4-2-1-3-5-9-12)15-17(24)22-19(26)20(14,15)18(25)21-16/h8,14H,1-7,9-11H2,(H,21,23,25)(H,22,24,26)/b12-8+,15-13+. The van der Waals surface area contributed by atoms with Gasteiger partial charge in [0.05, 0.1) is 5.92 Å². The third kappa shape index (κ3) is 2.38. The molecule has 2 fully saturated rings. The van der Waals surface area contributed by atoms with Crippen LogP contribution in [-0.2, 0) is 19.2 Å². The Morgan fingerprint density at radius 1 is 0.846 bits per heavy atom. The number of hydrogen-bond donors (Lipinski definition) is 2. The first-order chi connectivity index (χ1) is 12.6. The van der Waals surface area contributed by atoms with Crippen LogP contribution in [0.4, 0.5) is 0 Å². The molecular weight excluding hydrogens is 332 g/mol. The maximum absolute atomic E-state index is 12.8. The second-order valence-electron chi connectivity index (χ2n) is 7.74. The summed E-state index contributed by atoms with van der Waals surface area (Å²) in [7, 11) is 0. The molecule has 2 N–H and O–H groups in total. The van der Waals surface area contributed by atoms with Crippen LogP contribution < -0.4 is 10.6 Å². The van der Waals surface area contributed by atoms with Gasteiger partial charge < -0.3 is 0 Å².